The maximum absolute atomic E-state index is 12.7. The van der Waals surface area contributed by atoms with Crippen molar-refractivity contribution in [2.75, 3.05) is 7.05 Å². The van der Waals surface area contributed by atoms with Gasteiger partial charge in [-0.15, -0.1) is 0 Å². The number of aromatic nitrogens is 3. The Hall–Kier alpha value is -3.47. The molecule has 0 saturated carbocycles. The summed E-state index contributed by atoms with van der Waals surface area (Å²) in [6.07, 6.45) is 5.40. The summed E-state index contributed by atoms with van der Waals surface area (Å²) in [5.41, 5.74) is 3.62. The zero-order valence-corrected chi connectivity index (χ0v) is 14.4. The highest BCUT2D eigenvalue weighted by atomic mass is 16.2. The van der Waals surface area contributed by atoms with Crippen LogP contribution in [0.2, 0.25) is 0 Å². The summed E-state index contributed by atoms with van der Waals surface area (Å²) < 4.78 is 1.81. The van der Waals surface area contributed by atoms with Gasteiger partial charge in [0.1, 0.15) is 0 Å². The minimum absolute atomic E-state index is 0.00749. The second-order valence-corrected chi connectivity index (χ2v) is 6.19. The molecule has 0 saturated heterocycles. The van der Waals surface area contributed by atoms with Gasteiger partial charge in [-0.2, -0.15) is 5.10 Å². The molecule has 0 aliphatic rings. The summed E-state index contributed by atoms with van der Waals surface area (Å²) in [7, 11) is 1.82. The van der Waals surface area contributed by atoms with Gasteiger partial charge >= 0.3 is 0 Å². The lowest BCUT2D eigenvalue weighted by atomic mass is 10.1. The zero-order valence-electron chi connectivity index (χ0n) is 14.4. The van der Waals surface area contributed by atoms with E-state index < -0.39 is 0 Å². The van der Waals surface area contributed by atoms with Crippen LogP contribution in [0, 0.1) is 0 Å². The molecule has 2 aromatic carbocycles. The lowest BCUT2D eigenvalue weighted by Crippen LogP contribution is -2.26. The fourth-order valence-corrected chi connectivity index (χ4v) is 2.95. The van der Waals surface area contributed by atoms with E-state index in [1.807, 2.05) is 78.6 Å². The highest BCUT2D eigenvalue weighted by molar-refractivity contribution is 5.97. The number of fused-ring (bicyclic) bond motifs is 1. The molecule has 0 fully saturated rings. The van der Waals surface area contributed by atoms with E-state index in [1.165, 1.54) is 0 Å². The van der Waals surface area contributed by atoms with Crippen molar-refractivity contribution in [3.63, 3.8) is 0 Å². The third-order valence-corrected chi connectivity index (χ3v) is 4.32. The van der Waals surface area contributed by atoms with Gasteiger partial charge in [0.05, 0.1) is 11.2 Å². The molecule has 26 heavy (non-hydrogen) atoms. The summed E-state index contributed by atoms with van der Waals surface area (Å²) in [6, 6.07) is 19.4. The Morgan fingerprint density at radius 2 is 1.88 bits per heavy atom. The molecule has 2 heterocycles. The average molecular weight is 342 g/mol. The van der Waals surface area contributed by atoms with E-state index in [-0.39, 0.29) is 5.91 Å². The molecular formula is C21H18N4O. The third kappa shape index (κ3) is 3.19. The van der Waals surface area contributed by atoms with Gasteiger partial charge < -0.3 is 4.90 Å². The number of rotatable bonds is 4. The average Bonchev–Trinajstić information content (AvgIpc) is 3.22. The van der Waals surface area contributed by atoms with Crippen molar-refractivity contribution in [1.82, 2.24) is 19.7 Å². The van der Waals surface area contributed by atoms with Crippen LogP contribution < -0.4 is 0 Å². The first-order chi connectivity index (χ1) is 12.7. The number of hydrogen-bond acceptors (Lipinski definition) is 3. The number of nitrogens with zero attached hydrogens (tertiary/aromatic N) is 4. The first kappa shape index (κ1) is 16.0. The molecule has 0 radical (unpaired) electrons. The Morgan fingerprint density at radius 3 is 2.65 bits per heavy atom. The largest absolute Gasteiger partial charge is 0.337 e. The minimum Gasteiger partial charge on any atom is -0.337 e. The highest BCUT2D eigenvalue weighted by Crippen LogP contribution is 2.16. The Kier molecular flexibility index (Phi) is 4.19. The predicted molar refractivity (Wildman–Crippen MR) is 101 cm³/mol. The second-order valence-electron chi connectivity index (χ2n) is 6.19. The predicted octanol–water partition coefficient (Wildman–Crippen LogP) is 3.69. The number of amides is 1. The van der Waals surface area contributed by atoms with Crippen molar-refractivity contribution in [3.8, 4) is 5.69 Å². The van der Waals surface area contributed by atoms with Crippen molar-refractivity contribution in [1.29, 1.82) is 0 Å². The van der Waals surface area contributed by atoms with Crippen molar-refractivity contribution < 1.29 is 4.79 Å². The SMILES string of the molecule is CN(Cc1ccc(-n2cccn2)cc1)C(=O)c1ccc2ncccc2c1. The Morgan fingerprint density at radius 1 is 1.04 bits per heavy atom. The van der Waals surface area contributed by atoms with Crippen LogP contribution in [0.4, 0.5) is 0 Å². The summed E-state index contributed by atoms with van der Waals surface area (Å²) >= 11 is 0. The Labute approximate surface area is 151 Å². The summed E-state index contributed by atoms with van der Waals surface area (Å²) in [6.45, 7) is 0.545. The molecule has 0 spiro atoms. The van der Waals surface area contributed by atoms with E-state index >= 15 is 0 Å². The number of carbonyl (C=O) groups is 1. The van der Waals surface area contributed by atoms with Gasteiger partial charge in [-0.05, 0) is 48.0 Å². The molecule has 0 aliphatic carbocycles. The van der Waals surface area contributed by atoms with Gasteiger partial charge in [0.2, 0.25) is 0 Å². The van der Waals surface area contributed by atoms with E-state index in [1.54, 1.807) is 17.3 Å². The second kappa shape index (κ2) is 6.80. The molecule has 5 heteroatoms. The number of carbonyl (C=O) groups excluding carboxylic acids is 1. The molecule has 0 unspecified atom stereocenters. The van der Waals surface area contributed by atoms with E-state index in [4.69, 9.17) is 0 Å². The van der Waals surface area contributed by atoms with Gasteiger partial charge in [-0.1, -0.05) is 18.2 Å². The molecule has 0 aliphatic heterocycles. The van der Waals surface area contributed by atoms with E-state index in [0.717, 1.165) is 22.2 Å². The normalized spacial score (nSPS) is 10.8. The van der Waals surface area contributed by atoms with Crippen LogP contribution in [0.5, 0.6) is 0 Å². The van der Waals surface area contributed by atoms with Crippen molar-refractivity contribution in [2.24, 2.45) is 0 Å². The standard InChI is InChI=1S/C21H18N4O/c1-24(15-16-5-8-19(9-6-16)25-13-3-12-23-25)21(26)18-7-10-20-17(14-18)4-2-11-22-20/h2-14H,15H2,1H3. The number of hydrogen-bond donors (Lipinski definition) is 0. The van der Waals surface area contributed by atoms with Gasteiger partial charge in [0.25, 0.3) is 5.91 Å². The fraction of sp³-hybridized carbons (Fsp3) is 0.0952. The smallest absolute Gasteiger partial charge is 0.253 e. The molecule has 1 amide bonds. The Balaban J connectivity index is 1.49. The first-order valence-electron chi connectivity index (χ1n) is 8.40. The summed E-state index contributed by atoms with van der Waals surface area (Å²) in [5, 5.41) is 5.18. The number of benzene rings is 2. The van der Waals surface area contributed by atoms with Gasteiger partial charge in [0, 0.05) is 43.1 Å². The topological polar surface area (TPSA) is 51.0 Å². The molecule has 4 aromatic rings. The van der Waals surface area contributed by atoms with Crippen LogP contribution in [-0.4, -0.2) is 32.6 Å². The van der Waals surface area contributed by atoms with Crippen LogP contribution in [-0.2, 0) is 6.54 Å². The van der Waals surface area contributed by atoms with Crippen molar-refractivity contribution in [3.05, 3.63) is 90.4 Å². The Bertz CT molecular complexity index is 1040. The summed E-state index contributed by atoms with van der Waals surface area (Å²) in [5.74, 6) is -0.00749. The maximum Gasteiger partial charge on any atom is 0.253 e. The lowest BCUT2D eigenvalue weighted by Gasteiger charge is -2.18. The molecule has 128 valence electrons. The van der Waals surface area contributed by atoms with Crippen molar-refractivity contribution in [2.45, 2.75) is 6.54 Å². The highest BCUT2D eigenvalue weighted by Gasteiger charge is 2.13. The van der Waals surface area contributed by atoms with E-state index in [0.29, 0.717) is 12.1 Å². The third-order valence-electron chi connectivity index (χ3n) is 4.32. The fourth-order valence-electron chi connectivity index (χ4n) is 2.95. The van der Waals surface area contributed by atoms with Gasteiger partial charge in [0.15, 0.2) is 0 Å². The van der Waals surface area contributed by atoms with E-state index in [2.05, 4.69) is 10.1 Å². The van der Waals surface area contributed by atoms with Gasteiger partial charge in [-0.25, -0.2) is 4.68 Å². The first-order valence-corrected chi connectivity index (χ1v) is 8.40. The minimum atomic E-state index is -0.00749. The lowest BCUT2D eigenvalue weighted by molar-refractivity contribution is 0.0785. The van der Waals surface area contributed by atoms with Crippen LogP contribution in [0.3, 0.4) is 0 Å². The van der Waals surface area contributed by atoms with E-state index in [9.17, 15) is 4.79 Å². The van der Waals surface area contributed by atoms with Crippen molar-refractivity contribution >= 4 is 16.8 Å². The molecule has 0 atom stereocenters. The van der Waals surface area contributed by atoms with Crippen LogP contribution >= 0.6 is 0 Å². The molecule has 2 aromatic heterocycles. The maximum atomic E-state index is 12.7. The molecule has 4 rings (SSSR count). The quantitative estimate of drug-likeness (QED) is 0.568. The van der Waals surface area contributed by atoms with Gasteiger partial charge in [-0.3, -0.25) is 9.78 Å². The van der Waals surface area contributed by atoms with Crippen LogP contribution in [0.1, 0.15) is 15.9 Å². The number of pyridine rings is 1. The zero-order chi connectivity index (χ0) is 17.9. The molecule has 0 N–H and O–H groups in total. The van der Waals surface area contributed by atoms with Crippen LogP contribution in [0.25, 0.3) is 16.6 Å². The summed E-state index contributed by atoms with van der Waals surface area (Å²) in [4.78, 5) is 18.8. The molecular weight excluding hydrogens is 324 g/mol. The molecule has 5 nitrogen and oxygen atoms in total. The van der Waals surface area contributed by atoms with Crippen LogP contribution in [0.15, 0.2) is 79.3 Å². The monoisotopic (exact) mass is 342 g/mol. The molecule has 0 bridgehead atoms.